The van der Waals surface area contributed by atoms with Crippen LogP contribution in [-0.4, -0.2) is 80.4 Å². The smallest absolute Gasteiger partial charge is 0.0162 e. The van der Waals surface area contributed by atoms with Crippen molar-refractivity contribution < 1.29 is 0 Å². The Morgan fingerprint density at radius 2 is 1.60 bits per heavy atom. The zero-order valence-corrected chi connectivity index (χ0v) is 11.6. The summed E-state index contributed by atoms with van der Waals surface area (Å²) in [7, 11) is 5.92. The highest BCUT2D eigenvalue weighted by Crippen LogP contribution is 2.07. The number of nitrogens with zero attached hydrogens (tertiary/aromatic N) is 3. The first kappa shape index (κ1) is 13.6. The van der Waals surface area contributed by atoms with E-state index in [2.05, 4.69) is 40.5 Å². The van der Waals surface area contributed by atoms with Crippen LogP contribution in [0.15, 0.2) is 0 Å². The number of thiol groups is 1. The zero-order valence-electron chi connectivity index (χ0n) is 9.85. The molecule has 0 aromatic rings. The molecule has 15 heavy (non-hydrogen) atoms. The quantitative estimate of drug-likeness (QED) is 0.549. The average molecular weight is 249 g/mol. The number of likely N-dealkylation sites (N-methyl/N-ethyl adjacent to an activating group) is 1. The molecule has 0 aromatic carbocycles. The van der Waals surface area contributed by atoms with E-state index in [1.807, 2.05) is 0 Å². The van der Waals surface area contributed by atoms with E-state index in [9.17, 15) is 0 Å². The first-order valence-electron chi connectivity index (χ1n) is 5.58. The van der Waals surface area contributed by atoms with Crippen molar-refractivity contribution in [3.8, 4) is 0 Å². The van der Waals surface area contributed by atoms with Crippen molar-refractivity contribution in [3.63, 3.8) is 0 Å². The Balaban J connectivity index is 2.07. The Bertz CT molecular complexity index is 159. The number of piperazine rings is 1. The SMILES string of the molecule is CN(C)CCN1CCN(CCSS)CC1. The molecule has 0 atom stereocenters. The second-order valence-electron chi connectivity index (χ2n) is 4.32. The van der Waals surface area contributed by atoms with Gasteiger partial charge < -0.3 is 4.90 Å². The third-order valence-corrected chi connectivity index (χ3v) is 3.74. The van der Waals surface area contributed by atoms with E-state index in [4.69, 9.17) is 0 Å². The molecule has 1 aliphatic rings. The highest BCUT2D eigenvalue weighted by Gasteiger charge is 2.15. The minimum Gasteiger partial charge on any atom is -0.308 e. The molecule has 0 aromatic heterocycles. The summed E-state index contributed by atoms with van der Waals surface area (Å²) in [5.41, 5.74) is 0. The zero-order chi connectivity index (χ0) is 11.1. The van der Waals surface area contributed by atoms with Gasteiger partial charge in [-0.15, -0.1) is 11.7 Å². The fourth-order valence-corrected chi connectivity index (χ4v) is 2.33. The van der Waals surface area contributed by atoms with E-state index in [-0.39, 0.29) is 0 Å². The minimum atomic E-state index is 1.14. The van der Waals surface area contributed by atoms with E-state index >= 15 is 0 Å². The number of hydrogen-bond acceptors (Lipinski definition) is 5. The summed E-state index contributed by atoms with van der Waals surface area (Å²) in [6.07, 6.45) is 0. The molecule has 0 bridgehead atoms. The van der Waals surface area contributed by atoms with Gasteiger partial charge in [-0.25, -0.2) is 0 Å². The van der Waals surface area contributed by atoms with Gasteiger partial charge in [-0.3, -0.25) is 9.80 Å². The summed E-state index contributed by atoms with van der Waals surface area (Å²) in [5, 5.41) is 0. The summed E-state index contributed by atoms with van der Waals surface area (Å²) >= 11 is 4.17. The van der Waals surface area contributed by atoms with Crippen LogP contribution in [0.3, 0.4) is 0 Å². The fraction of sp³-hybridized carbons (Fsp3) is 1.00. The second-order valence-corrected chi connectivity index (χ2v) is 5.76. The Morgan fingerprint density at radius 1 is 1.07 bits per heavy atom. The van der Waals surface area contributed by atoms with Crippen molar-refractivity contribution in [1.82, 2.24) is 14.7 Å². The third kappa shape index (κ3) is 6.02. The van der Waals surface area contributed by atoms with Crippen LogP contribution >= 0.6 is 22.5 Å². The predicted molar refractivity (Wildman–Crippen MR) is 72.9 cm³/mol. The topological polar surface area (TPSA) is 9.72 Å². The maximum atomic E-state index is 4.17. The molecule has 5 heteroatoms. The van der Waals surface area contributed by atoms with Crippen molar-refractivity contribution in [2.24, 2.45) is 0 Å². The normalized spacial score (nSPS) is 20.0. The Hall–Kier alpha value is 0.580. The van der Waals surface area contributed by atoms with Crippen molar-refractivity contribution in [3.05, 3.63) is 0 Å². The lowest BCUT2D eigenvalue weighted by Gasteiger charge is -2.34. The summed E-state index contributed by atoms with van der Waals surface area (Å²) in [4.78, 5) is 7.35. The Kier molecular flexibility index (Phi) is 7.08. The van der Waals surface area contributed by atoms with Crippen LogP contribution in [0, 0.1) is 0 Å². The molecule has 0 spiro atoms. The number of rotatable bonds is 6. The lowest BCUT2D eigenvalue weighted by Crippen LogP contribution is -2.48. The van der Waals surface area contributed by atoms with Gasteiger partial charge in [0.2, 0.25) is 0 Å². The molecular formula is C10H23N3S2. The Morgan fingerprint density at radius 3 is 2.07 bits per heavy atom. The highest BCUT2D eigenvalue weighted by atomic mass is 33.1. The third-order valence-electron chi connectivity index (χ3n) is 2.83. The van der Waals surface area contributed by atoms with Gasteiger partial charge in [-0.1, -0.05) is 10.8 Å². The average Bonchev–Trinajstić information content (AvgIpc) is 2.25. The van der Waals surface area contributed by atoms with Crippen LogP contribution in [0.2, 0.25) is 0 Å². The standard InChI is InChI=1S/C10H23N3S2/c1-11(2)3-4-12-5-7-13(8-6-12)9-10-15-14/h14H,3-10H2,1-2H3. The van der Waals surface area contributed by atoms with E-state index in [0.29, 0.717) is 0 Å². The monoisotopic (exact) mass is 249 g/mol. The van der Waals surface area contributed by atoms with Gasteiger partial charge in [0.05, 0.1) is 0 Å². The molecule has 90 valence electrons. The van der Waals surface area contributed by atoms with Gasteiger partial charge in [-0.2, -0.15) is 0 Å². The molecule has 1 fully saturated rings. The number of hydrogen-bond donors (Lipinski definition) is 1. The van der Waals surface area contributed by atoms with Gasteiger partial charge in [-0.05, 0) is 14.1 Å². The molecule has 0 N–H and O–H groups in total. The molecule has 1 saturated heterocycles. The van der Waals surface area contributed by atoms with Crippen LogP contribution in [0.5, 0.6) is 0 Å². The molecule has 1 rings (SSSR count). The molecule has 1 heterocycles. The van der Waals surface area contributed by atoms with E-state index < -0.39 is 0 Å². The molecule has 0 unspecified atom stereocenters. The van der Waals surface area contributed by atoms with Gasteiger partial charge in [0, 0.05) is 51.6 Å². The molecule has 0 radical (unpaired) electrons. The maximum Gasteiger partial charge on any atom is 0.0162 e. The van der Waals surface area contributed by atoms with Gasteiger partial charge >= 0.3 is 0 Å². The molecule has 1 aliphatic heterocycles. The largest absolute Gasteiger partial charge is 0.308 e. The lowest BCUT2D eigenvalue weighted by atomic mass is 10.3. The predicted octanol–water partition coefficient (Wildman–Crippen LogP) is 0.744. The summed E-state index contributed by atoms with van der Waals surface area (Å²) in [5.74, 6) is 1.14. The molecule has 0 saturated carbocycles. The first-order valence-corrected chi connectivity index (χ1v) is 7.62. The summed E-state index contributed by atoms with van der Waals surface area (Å²) in [6, 6.07) is 0. The van der Waals surface area contributed by atoms with Crippen molar-refractivity contribution in [1.29, 1.82) is 0 Å². The minimum absolute atomic E-state index is 1.14. The van der Waals surface area contributed by atoms with E-state index in [1.165, 1.54) is 45.8 Å². The van der Waals surface area contributed by atoms with Crippen LogP contribution in [0.1, 0.15) is 0 Å². The van der Waals surface area contributed by atoms with Crippen molar-refractivity contribution in [2.45, 2.75) is 0 Å². The van der Waals surface area contributed by atoms with Gasteiger partial charge in [0.25, 0.3) is 0 Å². The van der Waals surface area contributed by atoms with Gasteiger partial charge in [0.1, 0.15) is 0 Å². The molecule has 0 aliphatic carbocycles. The van der Waals surface area contributed by atoms with E-state index in [1.54, 1.807) is 10.8 Å². The Labute approximate surface area is 103 Å². The van der Waals surface area contributed by atoms with Crippen molar-refractivity contribution in [2.75, 3.05) is 65.7 Å². The van der Waals surface area contributed by atoms with Crippen LogP contribution in [-0.2, 0) is 0 Å². The highest BCUT2D eigenvalue weighted by molar-refractivity contribution is 8.68. The van der Waals surface area contributed by atoms with E-state index in [0.717, 1.165) is 5.75 Å². The second kappa shape index (κ2) is 7.79. The van der Waals surface area contributed by atoms with Gasteiger partial charge in [0.15, 0.2) is 0 Å². The van der Waals surface area contributed by atoms with Crippen molar-refractivity contribution >= 4 is 22.5 Å². The molecule has 3 nitrogen and oxygen atoms in total. The summed E-state index contributed by atoms with van der Waals surface area (Å²) < 4.78 is 0. The van der Waals surface area contributed by atoms with Crippen LogP contribution in [0.4, 0.5) is 0 Å². The summed E-state index contributed by atoms with van der Waals surface area (Å²) in [6.45, 7) is 8.48. The maximum absolute atomic E-state index is 4.17. The van der Waals surface area contributed by atoms with Crippen LogP contribution in [0.25, 0.3) is 0 Å². The molecular weight excluding hydrogens is 226 g/mol. The lowest BCUT2D eigenvalue weighted by molar-refractivity contribution is 0.131. The van der Waals surface area contributed by atoms with Crippen LogP contribution < -0.4 is 0 Å². The first-order chi connectivity index (χ1) is 7.22. The molecule has 0 amide bonds. The fourth-order valence-electron chi connectivity index (χ4n) is 1.75.